The van der Waals surface area contributed by atoms with E-state index in [0.29, 0.717) is 24.1 Å². The lowest BCUT2D eigenvalue weighted by atomic mass is 9.87. The van der Waals surface area contributed by atoms with Crippen molar-refractivity contribution in [2.24, 2.45) is 5.14 Å². The normalized spacial score (nSPS) is 14.8. The molecule has 21 heavy (non-hydrogen) atoms. The third-order valence-electron chi connectivity index (χ3n) is 3.54. The van der Waals surface area contributed by atoms with E-state index in [0.717, 1.165) is 5.56 Å². The fourth-order valence-electron chi connectivity index (χ4n) is 2.28. The predicted octanol–water partition coefficient (Wildman–Crippen LogP) is 0.887. The van der Waals surface area contributed by atoms with Gasteiger partial charge in [0.05, 0.1) is 24.0 Å². The van der Waals surface area contributed by atoms with Crippen LogP contribution >= 0.6 is 0 Å². The maximum absolute atomic E-state index is 11.0. The summed E-state index contributed by atoms with van der Waals surface area (Å²) in [5.74, 6) is -0.120. The first-order valence-corrected chi connectivity index (χ1v) is 8.38. The number of primary sulfonamides is 1. The zero-order valence-corrected chi connectivity index (χ0v) is 12.6. The number of hydrogen-bond acceptors (Lipinski definition) is 4. The molecule has 6 nitrogen and oxygen atoms in total. The van der Waals surface area contributed by atoms with Crippen molar-refractivity contribution in [2.45, 2.75) is 25.4 Å². The topological polar surface area (TPSA) is 109 Å². The van der Waals surface area contributed by atoms with E-state index >= 15 is 0 Å². The van der Waals surface area contributed by atoms with Crippen LogP contribution in [0.1, 0.15) is 30.2 Å². The van der Waals surface area contributed by atoms with Crippen molar-refractivity contribution in [3.05, 3.63) is 53.6 Å². The Balaban J connectivity index is 2.31. The summed E-state index contributed by atoms with van der Waals surface area (Å²) in [4.78, 5) is 6.87. The number of aromatic nitrogens is 2. The van der Waals surface area contributed by atoms with Gasteiger partial charge in [-0.3, -0.25) is 0 Å². The van der Waals surface area contributed by atoms with E-state index in [1.54, 1.807) is 18.3 Å². The summed E-state index contributed by atoms with van der Waals surface area (Å²) in [6.07, 6.45) is 3.88. The number of hydrogen-bond donors (Lipinski definition) is 3. The third-order valence-corrected chi connectivity index (χ3v) is 4.31. The minimum absolute atomic E-state index is 0.120. The molecule has 0 saturated heterocycles. The lowest BCUT2D eigenvalue weighted by Gasteiger charge is -2.26. The molecule has 0 bridgehead atoms. The van der Waals surface area contributed by atoms with Crippen molar-refractivity contribution in [1.82, 2.24) is 9.97 Å². The molecule has 2 rings (SSSR count). The molecular formula is C14H19N3O3S. The Bertz CT molecular complexity index is 698. The number of sulfonamides is 1. The molecule has 1 aromatic carbocycles. The van der Waals surface area contributed by atoms with Gasteiger partial charge < -0.3 is 10.1 Å². The van der Waals surface area contributed by atoms with Gasteiger partial charge in [0.25, 0.3) is 0 Å². The zero-order chi connectivity index (χ0) is 15.5. The molecule has 0 saturated carbocycles. The van der Waals surface area contributed by atoms with E-state index in [-0.39, 0.29) is 5.75 Å². The maximum Gasteiger partial charge on any atom is 0.209 e. The number of nitrogens with two attached hydrogens (primary N) is 1. The molecule has 7 heteroatoms. The van der Waals surface area contributed by atoms with Crippen molar-refractivity contribution in [3.8, 4) is 0 Å². The standard InChI is InChI=1S/C14H19N3O3S/c1-2-14(18,13-9-16-10-17-13)12-5-3-4-11(8-12)6-7-21(15,19)20/h3-5,8-10,18H,2,6-7H2,1H3,(H,16,17)(H2,15,19,20). The molecule has 4 N–H and O–H groups in total. The molecule has 0 amide bonds. The van der Waals surface area contributed by atoms with Crippen LogP contribution in [-0.4, -0.2) is 29.2 Å². The van der Waals surface area contributed by atoms with Gasteiger partial charge in [-0.05, 0) is 24.0 Å². The van der Waals surface area contributed by atoms with Gasteiger partial charge in [-0.2, -0.15) is 0 Å². The Labute approximate surface area is 124 Å². The molecule has 0 radical (unpaired) electrons. The summed E-state index contributed by atoms with van der Waals surface area (Å²) in [6, 6.07) is 7.23. The Kier molecular flexibility index (Phi) is 4.46. The lowest BCUT2D eigenvalue weighted by Crippen LogP contribution is -2.27. The van der Waals surface area contributed by atoms with Crippen LogP contribution in [0.15, 0.2) is 36.8 Å². The maximum atomic E-state index is 11.0. The van der Waals surface area contributed by atoms with E-state index < -0.39 is 15.6 Å². The number of nitrogens with zero attached hydrogens (tertiary/aromatic N) is 1. The molecule has 0 aliphatic heterocycles. The zero-order valence-electron chi connectivity index (χ0n) is 11.8. The molecule has 0 aliphatic rings. The second-order valence-corrected chi connectivity index (χ2v) is 6.73. The molecular weight excluding hydrogens is 290 g/mol. The molecule has 1 aromatic heterocycles. The largest absolute Gasteiger partial charge is 0.379 e. The number of nitrogens with one attached hydrogen (secondary N) is 1. The van der Waals surface area contributed by atoms with E-state index in [9.17, 15) is 13.5 Å². The van der Waals surface area contributed by atoms with Gasteiger partial charge in [0.1, 0.15) is 5.60 Å². The molecule has 2 aromatic rings. The highest BCUT2D eigenvalue weighted by atomic mass is 32.2. The predicted molar refractivity (Wildman–Crippen MR) is 80.0 cm³/mol. The first-order chi connectivity index (χ1) is 9.85. The number of aryl methyl sites for hydroxylation is 1. The minimum Gasteiger partial charge on any atom is -0.379 e. The fourth-order valence-corrected chi connectivity index (χ4v) is 2.80. The molecule has 0 spiro atoms. The average molecular weight is 309 g/mol. The van der Waals surface area contributed by atoms with Crippen LogP contribution in [0.3, 0.4) is 0 Å². The molecule has 1 unspecified atom stereocenters. The summed E-state index contributed by atoms with van der Waals surface area (Å²) >= 11 is 0. The third kappa shape index (κ3) is 3.69. The molecule has 0 aliphatic carbocycles. The number of imidazole rings is 1. The highest BCUT2D eigenvalue weighted by molar-refractivity contribution is 7.89. The first kappa shape index (κ1) is 15.7. The summed E-state index contributed by atoms with van der Waals surface area (Å²) in [7, 11) is -3.50. The van der Waals surface area contributed by atoms with Crippen molar-refractivity contribution >= 4 is 10.0 Å². The van der Waals surface area contributed by atoms with Gasteiger partial charge in [-0.1, -0.05) is 31.2 Å². The quantitative estimate of drug-likeness (QED) is 0.736. The summed E-state index contributed by atoms with van der Waals surface area (Å²) in [5.41, 5.74) is 0.941. The van der Waals surface area contributed by atoms with E-state index in [1.807, 2.05) is 19.1 Å². The van der Waals surface area contributed by atoms with E-state index in [2.05, 4.69) is 9.97 Å². The van der Waals surface area contributed by atoms with Crippen LogP contribution in [0.5, 0.6) is 0 Å². The summed E-state index contributed by atoms with van der Waals surface area (Å²) in [5, 5.41) is 15.9. The summed E-state index contributed by atoms with van der Waals surface area (Å²) in [6.45, 7) is 1.87. The van der Waals surface area contributed by atoms with Crippen LogP contribution in [0.25, 0.3) is 0 Å². The highest BCUT2D eigenvalue weighted by Gasteiger charge is 2.31. The fraction of sp³-hybridized carbons (Fsp3) is 0.357. The van der Waals surface area contributed by atoms with Gasteiger partial charge >= 0.3 is 0 Å². The summed E-state index contributed by atoms with van der Waals surface area (Å²) < 4.78 is 22.1. The molecule has 1 heterocycles. The van der Waals surface area contributed by atoms with Gasteiger partial charge in [-0.25, -0.2) is 18.5 Å². The minimum atomic E-state index is -3.50. The number of H-pyrrole nitrogens is 1. The van der Waals surface area contributed by atoms with Crippen molar-refractivity contribution in [3.63, 3.8) is 0 Å². The molecule has 1 atom stereocenters. The van der Waals surface area contributed by atoms with Crippen LogP contribution < -0.4 is 5.14 Å². The van der Waals surface area contributed by atoms with Crippen LogP contribution in [0, 0.1) is 0 Å². The van der Waals surface area contributed by atoms with Crippen molar-refractivity contribution in [2.75, 3.05) is 5.75 Å². The van der Waals surface area contributed by atoms with Crippen LogP contribution in [0.4, 0.5) is 0 Å². The van der Waals surface area contributed by atoms with Crippen LogP contribution in [0.2, 0.25) is 0 Å². The number of aromatic amines is 1. The Morgan fingerprint density at radius 2 is 2.19 bits per heavy atom. The van der Waals surface area contributed by atoms with Gasteiger partial charge in [-0.15, -0.1) is 0 Å². The number of aliphatic hydroxyl groups is 1. The van der Waals surface area contributed by atoms with E-state index in [4.69, 9.17) is 5.14 Å². The molecule has 114 valence electrons. The van der Waals surface area contributed by atoms with Gasteiger partial charge in [0.2, 0.25) is 10.0 Å². The second kappa shape index (κ2) is 5.97. The highest BCUT2D eigenvalue weighted by Crippen LogP contribution is 2.31. The number of rotatable bonds is 6. The first-order valence-electron chi connectivity index (χ1n) is 6.66. The van der Waals surface area contributed by atoms with E-state index in [1.165, 1.54) is 6.33 Å². The van der Waals surface area contributed by atoms with Gasteiger partial charge in [0.15, 0.2) is 0 Å². The number of benzene rings is 1. The lowest BCUT2D eigenvalue weighted by molar-refractivity contribution is 0.0723. The Morgan fingerprint density at radius 1 is 1.43 bits per heavy atom. The van der Waals surface area contributed by atoms with Crippen molar-refractivity contribution < 1.29 is 13.5 Å². The molecule has 0 fully saturated rings. The average Bonchev–Trinajstić information content (AvgIpc) is 2.98. The van der Waals surface area contributed by atoms with Crippen molar-refractivity contribution in [1.29, 1.82) is 0 Å². The monoisotopic (exact) mass is 309 g/mol. The Hall–Kier alpha value is -1.70. The Morgan fingerprint density at radius 3 is 2.76 bits per heavy atom. The SMILES string of the molecule is CCC(O)(c1cccc(CCS(N)(=O)=O)c1)c1cnc[nH]1. The van der Waals surface area contributed by atoms with Gasteiger partial charge in [0, 0.05) is 0 Å². The smallest absolute Gasteiger partial charge is 0.209 e. The van der Waals surface area contributed by atoms with Crippen LogP contribution in [-0.2, 0) is 22.0 Å². The second-order valence-electron chi connectivity index (χ2n) is 5.00.